The zero-order valence-electron chi connectivity index (χ0n) is 10.6. The highest BCUT2D eigenvalue weighted by Crippen LogP contribution is 2.26. The second-order valence-electron chi connectivity index (χ2n) is 5.33. The van der Waals surface area contributed by atoms with Crippen LogP contribution in [0.15, 0.2) is 22.6 Å². The number of halogens is 1. The Morgan fingerprint density at radius 3 is 2.71 bits per heavy atom. The van der Waals surface area contributed by atoms with E-state index in [9.17, 15) is 0 Å². The van der Waals surface area contributed by atoms with Crippen LogP contribution in [0.5, 0.6) is 0 Å². The number of rotatable bonds is 3. The molecule has 0 saturated heterocycles. The van der Waals surface area contributed by atoms with E-state index in [1.54, 1.807) is 0 Å². The number of nitrogens with zero attached hydrogens (tertiary/aromatic N) is 1. The van der Waals surface area contributed by atoms with Crippen LogP contribution in [-0.4, -0.2) is 10.9 Å². The van der Waals surface area contributed by atoms with Gasteiger partial charge in [-0.1, -0.05) is 26.8 Å². The standard InChI is InChI=1S/C14H18ClNO/c1-14(2,3)10-6-7-12-11(9-10)16-13(17-12)5-4-8-15/h6-7,9H,4-5,8H2,1-3H3. The van der Waals surface area contributed by atoms with Crippen LogP contribution in [-0.2, 0) is 11.8 Å². The lowest BCUT2D eigenvalue weighted by Gasteiger charge is -2.18. The second kappa shape index (κ2) is 4.69. The molecule has 1 heterocycles. The zero-order valence-corrected chi connectivity index (χ0v) is 11.3. The van der Waals surface area contributed by atoms with E-state index in [0.717, 1.165) is 29.8 Å². The fraction of sp³-hybridized carbons (Fsp3) is 0.500. The van der Waals surface area contributed by atoms with Gasteiger partial charge in [-0.15, -0.1) is 11.6 Å². The lowest BCUT2D eigenvalue weighted by atomic mass is 9.87. The Hall–Kier alpha value is -1.02. The van der Waals surface area contributed by atoms with E-state index in [0.29, 0.717) is 5.88 Å². The maximum Gasteiger partial charge on any atom is 0.195 e. The van der Waals surface area contributed by atoms with Crippen molar-refractivity contribution in [1.29, 1.82) is 0 Å². The molecule has 0 amide bonds. The Kier molecular flexibility index (Phi) is 3.43. The smallest absolute Gasteiger partial charge is 0.195 e. The number of alkyl halides is 1. The molecule has 2 nitrogen and oxygen atoms in total. The minimum atomic E-state index is 0.142. The van der Waals surface area contributed by atoms with E-state index < -0.39 is 0 Å². The van der Waals surface area contributed by atoms with Gasteiger partial charge in [0.25, 0.3) is 0 Å². The summed E-state index contributed by atoms with van der Waals surface area (Å²) >= 11 is 5.67. The maximum absolute atomic E-state index is 5.67. The van der Waals surface area contributed by atoms with E-state index in [1.807, 2.05) is 6.07 Å². The normalized spacial score (nSPS) is 12.2. The molecule has 0 radical (unpaired) electrons. The average molecular weight is 252 g/mol. The van der Waals surface area contributed by atoms with Crippen molar-refractivity contribution in [2.24, 2.45) is 0 Å². The first-order valence-corrected chi connectivity index (χ1v) is 6.50. The minimum absolute atomic E-state index is 0.142. The minimum Gasteiger partial charge on any atom is -0.441 e. The quantitative estimate of drug-likeness (QED) is 0.761. The highest BCUT2D eigenvalue weighted by atomic mass is 35.5. The van der Waals surface area contributed by atoms with Crippen molar-refractivity contribution in [2.75, 3.05) is 5.88 Å². The second-order valence-corrected chi connectivity index (χ2v) is 5.71. The van der Waals surface area contributed by atoms with Gasteiger partial charge in [0.05, 0.1) is 0 Å². The zero-order chi connectivity index (χ0) is 12.5. The first kappa shape index (κ1) is 12.4. The van der Waals surface area contributed by atoms with Crippen LogP contribution in [0.2, 0.25) is 0 Å². The van der Waals surface area contributed by atoms with Crippen molar-refractivity contribution in [1.82, 2.24) is 4.98 Å². The molecule has 0 spiro atoms. The SMILES string of the molecule is CC(C)(C)c1ccc2oc(CCCCl)nc2c1. The third-order valence-electron chi connectivity index (χ3n) is 2.82. The summed E-state index contributed by atoms with van der Waals surface area (Å²) in [6, 6.07) is 6.23. The number of benzene rings is 1. The Morgan fingerprint density at radius 1 is 1.29 bits per heavy atom. The molecule has 0 unspecified atom stereocenters. The molecular weight excluding hydrogens is 234 g/mol. The van der Waals surface area contributed by atoms with E-state index in [2.05, 4.69) is 37.9 Å². The summed E-state index contributed by atoms with van der Waals surface area (Å²) in [6.07, 6.45) is 1.71. The van der Waals surface area contributed by atoms with Crippen LogP contribution in [0.1, 0.15) is 38.6 Å². The molecular formula is C14H18ClNO. The predicted molar refractivity (Wildman–Crippen MR) is 71.8 cm³/mol. The number of hydrogen-bond acceptors (Lipinski definition) is 2. The lowest BCUT2D eigenvalue weighted by Crippen LogP contribution is -2.10. The van der Waals surface area contributed by atoms with Crippen LogP contribution in [0.3, 0.4) is 0 Å². The monoisotopic (exact) mass is 251 g/mol. The fourth-order valence-corrected chi connectivity index (χ4v) is 1.90. The number of aryl methyl sites for hydroxylation is 1. The van der Waals surface area contributed by atoms with Crippen LogP contribution >= 0.6 is 11.6 Å². The van der Waals surface area contributed by atoms with Gasteiger partial charge in [-0.05, 0) is 29.5 Å². The van der Waals surface area contributed by atoms with Gasteiger partial charge >= 0.3 is 0 Å². The van der Waals surface area contributed by atoms with Gasteiger partial charge in [0, 0.05) is 12.3 Å². The van der Waals surface area contributed by atoms with Crippen LogP contribution < -0.4 is 0 Å². The molecule has 0 atom stereocenters. The molecule has 92 valence electrons. The number of aromatic nitrogens is 1. The van der Waals surface area contributed by atoms with Gasteiger partial charge in [-0.2, -0.15) is 0 Å². The predicted octanol–water partition coefficient (Wildman–Crippen LogP) is 4.30. The molecule has 2 rings (SSSR count). The summed E-state index contributed by atoms with van der Waals surface area (Å²) in [5.74, 6) is 1.43. The molecule has 17 heavy (non-hydrogen) atoms. The molecule has 0 aliphatic heterocycles. The van der Waals surface area contributed by atoms with Gasteiger partial charge in [0.1, 0.15) is 5.52 Å². The molecule has 0 aliphatic rings. The third kappa shape index (κ3) is 2.81. The molecule has 1 aromatic heterocycles. The highest BCUT2D eigenvalue weighted by molar-refractivity contribution is 6.17. The van der Waals surface area contributed by atoms with Crippen LogP contribution in [0.25, 0.3) is 11.1 Å². The number of fused-ring (bicyclic) bond motifs is 1. The Labute approximate surface area is 107 Å². The molecule has 0 saturated carbocycles. The van der Waals surface area contributed by atoms with Crippen molar-refractivity contribution < 1.29 is 4.42 Å². The maximum atomic E-state index is 5.67. The largest absolute Gasteiger partial charge is 0.441 e. The summed E-state index contributed by atoms with van der Waals surface area (Å²) < 4.78 is 5.67. The molecule has 3 heteroatoms. The van der Waals surface area contributed by atoms with E-state index >= 15 is 0 Å². The molecule has 0 bridgehead atoms. The summed E-state index contributed by atoms with van der Waals surface area (Å²) in [4.78, 5) is 4.50. The molecule has 0 N–H and O–H groups in total. The Balaban J connectivity index is 2.34. The van der Waals surface area contributed by atoms with Crippen molar-refractivity contribution in [3.05, 3.63) is 29.7 Å². The number of hydrogen-bond donors (Lipinski definition) is 0. The van der Waals surface area contributed by atoms with Crippen molar-refractivity contribution in [3.63, 3.8) is 0 Å². The van der Waals surface area contributed by atoms with Crippen molar-refractivity contribution >= 4 is 22.7 Å². The lowest BCUT2D eigenvalue weighted by molar-refractivity contribution is 0.526. The van der Waals surface area contributed by atoms with E-state index in [4.69, 9.17) is 16.0 Å². The van der Waals surface area contributed by atoms with Crippen molar-refractivity contribution in [2.45, 2.75) is 39.0 Å². The first-order chi connectivity index (χ1) is 8.00. The van der Waals surface area contributed by atoms with Gasteiger partial charge in [-0.25, -0.2) is 4.98 Å². The summed E-state index contributed by atoms with van der Waals surface area (Å²) in [5.41, 5.74) is 3.23. The van der Waals surface area contributed by atoms with Crippen LogP contribution in [0.4, 0.5) is 0 Å². The summed E-state index contributed by atoms with van der Waals surface area (Å²) in [5, 5.41) is 0. The average Bonchev–Trinajstić information content (AvgIpc) is 2.66. The van der Waals surface area contributed by atoms with E-state index in [1.165, 1.54) is 5.56 Å². The molecule has 2 aromatic rings. The van der Waals surface area contributed by atoms with Gasteiger partial charge in [-0.3, -0.25) is 0 Å². The first-order valence-electron chi connectivity index (χ1n) is 5.96. The van der Waals surface area contributed by atoms with Crippen LogP contribution in [0, 0.1) is 0 Å². The molecule has 1 aromatic carbocycles. The fourth-order valence-electron chi connectivity index (χ4n) is 1.77. The van der Waals surface area contributed by atoms with Crippen molar-refractivity contribution in [3.8, 4) is 0 Å². The highest BCUT2D eigenvalue weighted by Gasteiger charge is 2.15. The Morgan fingerprint density at radius 2 is 2.06 bits per heavy atom. The molecule has 0 fully saturated rings. The van der Waals surface area contributed by atoms with E-state index in [-0.39, 0.29) is 5.41 Å². The topological polar surface area (TPSA) is 26.0 Å². The van der Waals surface area contributed by atoms with Gasteiger partial charge < -0.3 is 4.42 Å². The molecule has 0 aliphatic carbocycles. The number of oxazole rings is 1. The van der Waals surface area contributed by atoms with Gasteiger partial charge in [0.15, 0.2) is 11.5 Å². The summed E-state index contributed by atoms with van der Waals surface area (Å²) in [7, 11) is 0. The third-order valence-corrected chi connectivity index (χ3v) is 3.09. The summed E-state index contributed by atoms with van der Waals surface area (Å²) in [6.45, 7) is 6.59. The Bertz CT molecular complexity index is 510. The van der Waals surface area contributed by atoms with Gasteiger partial charge in [0.2, 0.25) is 0 Å².